The van der Waals surface area contributed by atoms with Crippen molar-refractivity contribution in [1.82, 2.24) is 20.8 Å². The number of hydrogen-bond donors (Lipinski definition) is 4. The van der Waals surface area contributed by atoms with E-state index in [4.69, 9.17) is 0 Å². The summed E-state index contributed by atoms with van der Waals surface area (Å²) in [7, 11) is 0. The van der Waals surface area contributed by atoms with Crippen molar-refractivity contribution in [3.63, 3.8) is 0 Å². The molecule has 2 aromatic carbocycles. The first-order chi connectivity index (χ1) is 16.2. The van der Waals surface area contributed by atoms with Crippen LogP contribution in [0.4, 0.5) is 23.0 Å². The van der Waals surface area contributed by atoms with Crippen LogP contribution in [-0.4, -0.2) is 31.6 Å². The molecule has 0 aliphatic rings. The van der Waals surface area contributed by atoms with Gasteiger partial charge in [-0.1, -0.05) is 29.8 Å². The summed E-state index contributed by atoms with van der Waals surface area (Å²) in [5, 5.41) is 22.3. The molecule has 1 heterocycles. The maximum absolute atomic E-state index is 12.2. The molecule has 4 N–H and O–H groups in total. The van der Waals surface area contributed by atoms with Crippen molar-refractivity contribution in [2.45, 2.75) is 13.3 Å². The van der Waals surface area contributed by atoms with E-state index in [0.29, 0.717) is 11.1 Å². The molecule has 0 saturated heterocycles. The molecule has 0 atom stereocenters. The predicted octanol–water partition coefficient (Wildman–Crippen LogP) is 2.04. The summed E-state index contributed by atoms with van der Waals surface area (Å²) in [6.07, 6.45) is 0.847. The zero-order valence-electron chi connectivity index (χ0n) is 17.6. The molecule has 0 bridgehead atoms. The molecular weight excluding hydrogens is 448 g/mol. The van der Waals surface area contributed by atoms with E-state index in [1.165, 1.54) is 24.3 Å². The molecule has 0 spiro atoms. The standard InChI is InChI=1S/C20H18N8O6/c1-12-2-6-14(7-3-12)20(30)26-25-19-17(28(33)34)18(21-11-22-19)24-23-16(29)10-13-4-8-15(9-5-13)27(31)32/h2-9,11H,10H2,1H3,(H,23,29)(H,26,30)(H2,21,22,24,25). The first kappa shape index (κ1) is 23.5. The van der Waals surface area contributed by atoms with Gasteiger partial charge in [-0.2, -0.15) is 0 Å². The number of non-ortho nitro benzene ring substituents is 1. The minimum atomic E-state index is -0.787. The Kier molecular flexibility index (Phi) is 7.23. The van der Waals surface area contributed by atoms with Gasteiger partial charge in [0.25, 0.3) is 11.6 Å². The van der Waals surface area contributed by atoms with Gasteiger partial charge >= 0.3 is 5.69 Å². The zero-order chi connectivity index (χ0) is 24.7. The van der Waals surface area contributed by atoms with Crippen molar-refractivity contribution >= 4 is 34.8 Å². The number of rotatable bonds is 9. The number of carbonyl (C=O) groups excluding carboxylic acids is 2. The quantitative estimate of drug-likeness (QED) is 0.268. The number of nitro groups is 2. The number of carbonyl (C=O) groups is 2. The fourth-order valence-corrected chi connectivity index (χ4v) is 2.72. The van der Waals surface area contributed by atoms with Crippen LogP contribution in [0.25, 0.3) is 0 Å². The lowest BCUT2D eigenvalue weighted by atomic mass is 10.1. The Hall–Kier alpha value is -5.14. The van der Waals surface area contributed by atoms with Crippen molar-refractivity contribution in [3.05, 3.63) is 91.8 Å². The Morgan fingerprint density at radius 2 is 1.44 bits per heavy atom. The highest BCUT2D eigenvalue weighted by molar-refractivity contribution is 5.95. The molecule has 0 aliphatic carbocycles. The summed E-state index contributed by atoms with van der Waals surface area (Å²) in [5.41, 5.74) is 10.4. The smallest absolute Gasteiger partial charge is 0.276 e. The van der Waals surface area contributed by atoms with Crippen LogP contribution >= 0.6 is 0 Å². The zero-order valence-corrected chi connectivity index (χ0v) is 17.6. The summed E-state index contributed by atoms with van der Waals surface area (Å²) in [4.78, 5) is 52.9. The number of hydrazine groups is 2. The van der Waals surface area contributed by atoms with E-state index >= 15 is 0 Å². The third kappa shape index (κ3) is 5.97. The number of nitro benzene ring substituents is 1. The van der Waals surface area contributed by atoms with Crippen molar-refractivity contribution < 1.29 is 19.4 Å². The van der Waals surface area contributed by atoms with Crippen LogP contribution in [-0.2, 0) is 11.2 Å². The number of aromatic nitrogens is 2. The molecule has 2 amide bonds. The number of nitrogens with zero attached hydrogens (tertiary/aromatic N) is 4. The lowest BCUT2D eigenvalue weighted by Crippen LogP contribution is -2.32. The topological polar surface area (TPSA) is 194 Å². The second kappa shape index (κ2) is 10.4. The van der Waals surface area contributed by atoms with Gasteiger partial charge in [0, 0.05) is 17.7 Å². The molecule has 14 nitrogen and oxygen atoms in total. The molecule has 3 rings (SSSR count). The van der Waals surface area contributed by atoms with E-state index in [9.17, 15) is 29.8 Å². The molecule has 0 aliphatic heterocycles. The van der Waals surface area contributed by atoms with Gasteiger partial charge in [0.1, 0.15) is 6.33 Å². The van der Waals surface area contributed by atoms with Gasteiger partial charge in [0.15, 0.2) is 0 Å². The van der Waals surface area contributed by atoms with E-state index in [0.717, 1.165) is 11.9 Å². The minimum absolute atomic E-state index is 0.117. The van der Waals surface area contributed by atoms with Gasteiger partial charge in [-0.3, -0.25) is 51.5 Å². The fourth-order valence-electron chi connectivity index (χ4n) is 2.72. The minimum Gasteiger partial charge on any atom is -0.276 e. The highest BCUT2D eigenvalue weighted by Gasteiger charge is 2.24. The Balaban J connectivity index is 1.65. The predicted molar refractivity (Wildman–Crippen MR) is 120 cm³/mol. The van der Waals surface area contributed by atoms with E-state index in [-0.39, 0.29) is 23.7 Å². The van der Waals surface area contributed by atoms with Crippen LogP contribution in [0.2, 0.25) is 0 Å². The highest BCUT2D eigenvalue weighted by Crippen LogP contribution is 2.27. The Morgan fingerprint density at radius 3 is 2.00 bits per heavy atom. The van der Waals surface area contributed by atoms with E-state index in [2.05, 4.69) is 31.7 Å². The fraction of sp³-hybridized carbons (Fsp3) is 0.100. The van der Waals surface area contributed by atoms with Gasteiger partial charge < -0.3 is 0 Å². The van der Waals surface area contributed by atoms with Gasteiger partial charge in [-0.25, -0.2) is 9.97 Å². The molecular formula is C20H18N8O6. The summed E-state index contributed by atoms with van der Waals surface area (Å²) in [5.74, 6) is -1.76. The average molecular weight is 466 g/mol. The largest absolute Gasteiger partial charge is 0.356 e. The molecule has 0 unspecified atom stereocenters. The Labute approximate surface area is 191 Å². The third-order valence-corrected chi connectivity index (χ3v) is 4.45. The van der Waals surface area contributed by atoms with Gasteiger partial charge in [0.2, 0.25) is 17.5 Å². The molecule has 1 aromatic heterocycles. The monoisotopic (exact) mass is 466 g/mol. The number of benzene rings is 2. The number of anilines is 2. The first-order valence-electron chi connectivity index (χ1n) is 9.65. The molecule has 0 fully saturated rings. The second-order valence-electron chi connectivity index (χ2n) is 6.90. The Morgan fingerprint density at radius 1 is 0.853 bits per heavy atom. The van der Waals surface area contributed by atoms with E-state index in [1.807, 2.05) is 6.92 Å². The van der Waals surface area contributed by atoms with Crippen LogP contribution in [0, 0.1) is 27.2 Å². The lowest BCUT2D eigenvalue weighted by Gasteiger charge is -2.11. The molecule has 174 valence electrons. The van der Waals surface area contributed by atoms with Crippen LogP contribution in [0.5, 0.6) is 0 Å². The molecule has 34 heavy (non-hydrogen) atoms. The Bertz CT molecular complexity index is 1230. The maximum Gasteiger partial charge on any atom is 0.356 e. The van der Waals surface area contributed by atoms with Crippen molar-refractivity contribution in [2.24, 2.45) is 0 Å². The number of aryl methyl sites for hydroxylation is 1. The number of hydrogen-bond acceptors (Lipinski definition) is 10. The maximum atomic E-state index is 12.2. The van der Waals surface area contributed by atoms with Crippen LogP contribution in [0.3, 0.4) is 0 Å². The summed E-state index contributed by atoms with van der Waals surface area (Å²) >= 11 is 0. The van der Waals surface area contributed by atoms with Crippen LogP contribution < -0.4 is 21.7 Å². The van der Waals surface area contributed by atoms with Gasteiger partial charge in [-0.15, -0.1) is 0 Å². The van der Waals surface area contributed by atoms with E-state index in [1.54, 1.807) is 24.3 Å². The highest BCUT2D eigenvalue weighted by atomic mass is 16.6. The second-order valence-corrected chi connectivity index (χ2v) is 6.90. The molecule has 14 heteroatoms. The third-order valence-electron chi connectivity index (χ3n) is 4.45. The summed E-state index contributed by atoms with van der Waals surface area (Å²) in [6, 6.07) is 12.0. The average Bonchev–Trinajstić information content (AvgIpc) is 2.81. The lowest BCUT2D eigenvalue weighted by molar-refractivity contribution is -0.384. The molecule has 0 saturated carbocycles. The van der Waals surface area contributed by atoms with Gasteiger partial charge in [-0.05, 0) is 24.6 Å². The van der Waals surface area contributed by atoms with Crippen molar-refractivity contribution in [1.29, 1.82) is 0 Å². The number of nitrogens with one attached hydrogen (secondary N) is 4. The van der Waals surface area contributed by atoms with Crippen molar-refractivity contribution in [2.75, 3.05) is 10.9 Å². The van der Waals surface area contributed by atoms with Gasteiger partial charge in [0.05, 0.1) is 16.3 Å². The van der Waals surface area contributed by atoms with Crippen LogP contribution in [0.1, 0.15) is 21.5 Å². The normalized spacial score (nSPS) is 10.1. The van der Waals surface area contributed by atoms with E-state index < -0.39 is 27.3 Å². The number of amides is 2. The summed E-state index contributed by atoms with van der Waals surface area (Å²) in [6.45, 7) is 1.86. The SMILES string of the molecule is Cc1ccc(C(=O)NNc2ncnc(NNC(=O)Cc3ccc([N+](=O)[O-])cc3)c2[N+](=O)[O-])cc1. The molecule has 3 aromatic rings. The summed E-state index contributed by atoms with van der Waals surface area (Å²) < 4.78 is 0. The molecule has 0 radical (unpaired) electrons. The van der Waals surface area contributed by atoms with Crippen molar-refractivity contribution in [3.8, 4) is 0 Å². The van der Waals surface area contributed by atoms with Crippen LogP contribution in [0.15, 0.2) is 54.9 Å². The first-order valence-corrected chi connectivity index (χ1v) is 9.65.